The van der Waals surface area contributed by atoms with Gasteiger partial charge in [0.05, 0.1) is 19.3 Å². The molecular formula is C12H19NO2. The fourth-order valence-corrected chi connectivity index (χ4v) is 2.02. The van der Waals surface area contributed by atoms with Crippen LogP contribution in [0.15, 0.2) is 29.3 Å². The summed E-state index contributed by atoms with van der Waals surface area (Å²) in [7, 11) is 1.68. The van der Waals surface area contributed by atoms with Crippen molar-refractivity contribution in [2.45, 2.75) is 13.0 Å². The van der Waals surface area contributed by atoms with Crippen LogP contribution in [0.3, 0.4) is 0 Å². The fraction of sp³-hybridized carbons (Fsp3) is 0.583. The van der Waals surface area contributed by atoms with Crippen molar-refractivity contribution in [2.24, 2.45) is 16.8 Å². The van der Waals surface area contributed by atoms with E-state index in [4.69, 9.17) is 4.74 Å². The van der Waals surface area contributed by atoms with Crippen LogP contribution in [0.5, 0.6) is 0 Å². The average Bonchev–Trinajstić information content (AvgIpc) is 2.54. The van der Waals surface area contributed by atoms with Crippen LogP contribution in [0.4, 0.5) is 0 Å². The average molecular weight is 209 g/mol. The summed E-state index contributed by atoms with van der Waals surface area (Å²) < 4.78 is 5.12. The molecular weight excluding hydrogens is 190 g/mol. The van der Waals surface area contributed by atoms with E-state index in [9.17, 15) is 5.11 Å². The Kier molecular flexibility index (Phi) is 4.72. The fourth-order valence-electron chi connectivity index (χ4n) is 2.02. The van der Waals surface area contributed by atoms with Gasteiger partial charge < -0.3 is 9.84 Å². The maximum atomic E-state index is 9.25. The molecule has 0 amide bonds. The molecule has 3 unspecified atom stereocenters. The van der Waals surface area contributed by atoms with E-state index in [-0.39, 0.29) is 18.6 Å². The minimum atomic E-state index is 0.112. The highest BCUT2D eigenvalue weighted by molar-refractivity contribution is 5.70. The highest BCUT2D eigenvalue weighted by atomic mass is 16.5. The largest absolute Gasteiger partial charge is 0.396 e. The number of allylic oxidation sites excluding steroid dienone is 1. The highest BCUT2D eigenvalue weighted by Gasteiger charge is 2.32. The molecule has 1 aliphatic rings. The summed E-state index contributed by atoms with van der Waals surface area (Å²) in [6.07, 6.45) is 5.45. The number of ether oxygens (including phenoxy) is 1. The number of aliphatic imine (C=N–C) groups is 1. The van der Waals surface area contributed by atoms with Gasteiger partial charge in [0.25, 0.3) is 0 Å². The first-order valence-corrected chi connectivity index (χ1v) is 5.19. The highest BCUT2D eigenvalue weighted by Crippen LogP contribution is 2.32. The maximum Gasteiger partial charge on any atom is 0.0676 e. The van der Waals surface area contributed by atoms with Crippen LogP contribution in [0, 0.1) is 11.8 Å². The lowest BCUT2D eigenvalue weighted by atomic mass is 9.96. The SMILES string of the molecule is C=CC=NC1C(CO)C=C(COC)C1C. The molecule has 0 aromatic heterocycles. The van der Waals surface area contributed by atoms with Crippen LogP contribution >= 0.6 is 0 Å². The van der Waals surface area contributed by atoms with Gasteiger partial charge in [-0.2, -0.15) is 0 Å². The molecule has 1 N–H and O–H groups in total. The van der Waals surface area contributed by atoms with Gasteiger partial charge in [-0.15, -0.1) is 0 Å². The van der Waals surface area contributed by atoms with Gasteiger partial charge in [-0.1, -0.05) is 25.7 Å². The van der Waals surface area contributed by atoms with E-state index in [1.54, 1.807) is 19.4 Å². The molecule has 0 aromatic rings. The van der Waals surface area contributed by atoms with Crippen LogP contribution in [0.25, 0.3) is 0 Å². The summed E-state index contributed by atoms with van der Waals surface area (Å²) in [5.74, 6) is 0.444. The second-order valence-corrected chi connectivity index (χ2v) is 3.83. The topological polar surface area (TPSA) is 41.8 Å². The zero-order valence-corrected chi connectivity index (χ0v) is 9.39. The van der Waals surface area contributed by atoms with Crippen molar-refractivity contribution in [3.8, 4) is 0 Å². The monoisotopic (exact) mass is 209 g/mol. The smallest absolute Gasteiger partial charge is 0.0676 e. The Morgan fingerprint density at radius 3 is 2.93 bits per heavy atom. The van der Waals surface area contributed by atoms with E-state index in [0.717, 1.165) is 0 Å². The lowest BCUT2D eigenvalue weighted by Crippen LogP contribution is -2.22. The quantitative estimate of drug-likeness (QED) is 0.550. The standard InChI is InChI=1S/C12H19NO2/c1-4-5-13-12-9(2)11(8-15-3)6-10(12)7-14/h4-6,9-10,12,14H,1,7-8H2,2-3H3. The molecule has 84 valence electrons. The van der Waals surface area contributed by atoms with Crippen LogP contribution in [0.1, 0.15) is 6.92 Å². The molecule has 0 saturated carbocycles. The summed E-state index contributed by atoms with van der Waals surface area (Å²) in [6, 6.07) is 0.123. The molecule has 3 atom stereocenters. The lowest BCUT2D eigenvalue weighted by molar-refractivity contribution is 0.212. The lowest BCUT2D eigenvalue weighted by Gasteiger charge is -2.18. The van der Waals surface area contributed by atoms with Crippen molar-refractivity contribution >= 4 is 6.21 Å². The summed E-state index contributed by atoms with van der Waals surface area (Å²) in [6.45, 7) is 6.47. The van der Waals surface area contributed by atoms with Crippen molar-refractivity contribution in [3.63, 3.8) is 0 Å². The molecule has 0 spiro atoms. The van der Waals surface area contributed by atoms with Crippen molar-refractivity contribution in [2.75, 3.05) is 20.3 Å². The summed E-state index contributed by atoms with van der Waals surface area (Å²) >= 11 is 0. The van der Waals surface area contributed by atoms with Crippen LogP contribution in [-0.4, -0.2) is 37.7 Å². The molecule has 0 saturated heterocycles. The van der Waals surface area contributed by atoms with Crippen molar-refractivity contribution in [1.29, 1.82) is 0 Å². The van der Waals surface area contributed by atoms with E-state index in [0.29, 0.717) is 12.5 Å². The Morgan fingerprint density at radius 2 is 2.40 bits per heavy atom. The Hall–Kier alpha value is -0.930. The molecule has 0 heterocycles. The first-order valence-electron chi connectivity index (χ1n) is 5.19. The van der Waals surface area contributed by atoms with Gasteiger partial charge in [-0.05, 0) is 5.57 Å². The van der Waals surface area contributed by atoms with Crippen molar-refractivity contribution < 1.29 is 9.84 Å². The van der Waals surface area contributed by atoms with Gasteiger partial charge in [-0.25, -0.2) is 0 Å². The predicted molar refractivity (Wildman–Crippen MR) is 62.2 cm³/mol. The minimum absolute atomic E-state index is 0.112. The molecule has 0 bridgehead atoms. The van der Waals surface area contributed by atoms with Gasteiger partial charge in [0.2, 0.25) is 0 Å². The number of aliphatic hydroxyl groups excluding tert-OH is 1. The molecule has 1 rings (SSSR count). The second kappa shape index (κ2) is 5.83. The molecule has 0 aliphatic heterocycles. The van der Waals surface area contributed by atoms with Crippen molar-refractivity contribution in [3.05, 3.63) is 24.3 Å². The zero-order valence-electron chi connectivity index (χ0n) is 9.39. The third-order valence-corrected chi connectivity index (χ3v) is 2.85. The van der Waals surface area contributed by atoms with Crippen LogP contribution < -0.4 is 0 Å². The molecule has 0 aromatic carbocycles. The third-order valence-electron chi connectivity index (χ3n) is 2.85. The second-order valence-electron chi connectivity index (χ2n) is 3.83. The zero-order chi connectivity index (χ0) is 11.3. The first kappa shape index (κ1) is 12.1. The van der Waals surface area contributed by atoms with Gasteiger partial charge in [0.15, 0.2) is 0 Å². The Morgan fingerprint density at radius 1 is 1.67 bits per heavy atom. The van der Waals surface area contributed by atoms with E-state index >= 15 is 0 Å². The van der Waals surface area contributed by atoms with Gasteiger partial charge in [0.1, 0.15) is 0 Å². The maximum absolute atomic E-state index is 9.25. The number of hydrogen-bond donors (Lipinski definition) is 1. The Labute approximate surface area is 91.2 Å². The summed E-state index contributed by atoms with van der Waals surface area (Å²) in [4.78, 5) is 4.40. The molecule has 0 fully saturated rings. The van der Waals surface area contributed by atoms with Gasteiger partial charge in [-0.3, -0.25) is 4.99 Å². The van der Waals surface area contributed by atoms with Crippen LogP contribution in [0.2, 0.25) is 0 Å². The Bertz CT molecular complexity index is 271. The number of rotatable bonds is 5. The molecule has 1 aliphatic carbocycles. The van der Waals surface area contributed by atoms with Gasteiger partial charge in [0, 0.05) is 25.2 Å². The first-order chi connectivity index (χ1) is 7.24. The number of hydrogen-bond acceptors (Lipinski definition) is 3. The molecule has 15 heavy (non-hydrogen) atoms. The van der Waals surface area contributed by atoms with Crippen molar-refractivity contribution in [1.82, 2.24) is 0 Å². The van der Waals surface area contributed by atoms with Crippen LogP contribution in [-0.2, 0) is 4.74 Å². The Balaban J connectivity index is 2.74. The number of nitrogens with zero attached hydrogens (tertiary/aromatic N) is 1. The van der Waals surface area contributed by atoms with E-state index in [1.807, 2.05) is 0 Å². The van der Waals surface area contributed by atoms with E-state index in [1.165, 1.54) is 5.57 Å². The van der Waals surface area contributed by atoms with E-state index in [2.05, 4.69) is 24.6 Å². The predicted octanol–water partition coefficient (Wildman–Crippen LogP) is 1.44. The summed E-state index contributed by atoms with van der Waals surface area (Å²) in [5.41, 5.74) is 1.22. The minimum Gasteiger partial charge on any atom is -0.396 e. The number of methoxy groups -OCH3 is 1. The third kappa shape index (κ3) is 2.76. The van der Waals surface area contributed by atoms with Gasteiger partial charge >= 0.3 is 0 Å². The molecule has 3 heteroatoms. The molecule has 3 nitrogen and oxygen atoms in total. The molecule has 0 radical (unpaired) electrons. The van der Waals surface area contributed by atoms with E-state index < -0.39 is 0 Å². The summed E-state index contributed by atoms with van der Waals surface area (Å²) in [5, 5.41) is 9.25. The number of aliphatic hydroxyl groups is 1. The normalized spacial score (nSPS) is 30.9.